The van der Waals surface area contributed by atoms with E-state index in [9.17, 15) is 4.79 Å². The summed E-state index contributed by atoms with van der Waals surface area (Å²) in [7, 11) is 0. The number of piperazine rings is 1. The van der Waals surface area contributed by atoms with Crippen molar-refractivity contribution in [2.45, 2.75) is 31.7 Å². The van der Waals surface area contributed by atoms with Crippen LogP contribution >= 0.6 is 34.2 Å². The second-order valence-electron chi connectivity index (χ2n) is 6.56. The Bertz CT molecular complexity index is 780. The van der Waals surface area contributed by atoms with Gasteiger partial charge in [0.1, 0.15) is 15.0 Å². The molecule has 0 bridgehead atoms. The molecule has 2 aromatic rings. The van der Waals surface area contributed by atoms with Crippen LogP contribution in [0.5, 0.6) is 0 Å². The lowest BCUT2D eigenvalue weighted by molar-refractivity contribution is -0.131. The average Bonchev–Trinajstić information content (AvgIpc) is 2.85. The van der Waals surface area contributed by atoms with E-state index in [2.05, 4.69) is 36.9 Å². The molecule has 1 saturated heterocycles. The van der Waals surface area contributed by atoms with Crippen LogP contribution in [0, 0.1) is 3.70 Å². The Kier molecular flexibility index (Phi) is 4.42. The lowest BCUT2D eigenvalue weighted by Gasteiger charge is -2.46. The number of aromatic nitrogens is 3. The van der Waals surface area contributed by atoms with Crippen molar-refractivity contribution in [3.05, 3.63) is 27.1 Å². The normalized spacial score (nSPS) is 25.0. The molecule has 0 radical (unpaired) electrons. The third-order valence-electron chi connectivity index (χ3n) is 5.25. The Morgan fingerprint density at radius 1 is 1.29 bits per heavy atom. The smallest absolute Gasteiger partial charge is 0.219 e. The molecule has 3 heterocycles. The van der Waals surface area contributed by atoms with E-state index in [0.717, 1.165) is 54.1 Å². The number of hydrogen-bond acceptors (Lipinski definition) is 4. The number of amides is 1. The maximum absolute atomic E-state index is 11.4. The second kappa shape index (κ2) is 6.42. The van der Waals surface area contributed by atoms with E-state index >= 15 is 0 Å². The molecule has 6 nitrogen and oxygen atoms in total. The van der Waals surface area contributed by atoms with Gasteiger partial charge in [0.25, 0.3) is 0 Å². The summed E-state index contributed by atoms with van der Waals surface area (Å²) in [5.41, 5.74) is 0.910. The van der Waals surface area contributed by atoms with Crippen LogP contribution in [0.1, 0.15) is 31.5 Å². The molecule has 0 N–H and O–H groups in total. The summed E-state index contributed by atoms with van der Waals surface area (Å²) >= 11 is 8.44. The van der Waals surface area contributed by atoms with Crippen LogP contribution in [0.25, 0.3) is 5.52 Å². The van der Waals surface area contributed by atoms with E-state index in [1.807, 2.05) is 11.1 Å². The molecule has 1 amide bonds. The van der Waals surface area contributed by atoms with E-state index in [4.69, 9.17) is 16.6 Å². The van der Waals surface area contributed by atoms with Gasteiger partial charge in [-0.15, -0.1) is 0 Å². The molecule has 2 fully saturated rings. The van der Waals surface area contributed by atoms with Gasteiger partial charge in [-0.25, -0.2) is 9.97 Å². The van der Waals surface area contributed by atoms with E-state index in [-0.39, 0.29) is 5.91 Å². The van der Waals surface area contributed by atoms with Crippen molar-refractivity contribution in [3.63, 3.8) is 0 Å². The SMILES string of the molecule is CC(=O)N1CCN([C@H]2C[C@@H](c3nc(I)c4c(Cl)nccn43)C2)CC1. The molecule has 2 aromatic heterocycles. The highest BCUT2D eigenvalue weighted by atomic mass is 127. The first-order chi connectivity index (χ1) is 11.5. The van der Waals surface area contributed by atoms with E-state index in [1.54, 1.807) is 13.1 Å². The lowest BCUT2D eigenvalue weighted by Crippen LogP contribution is -2.54. The molecule has 4 rings (SSSR count). The number of carbonyl (C=O) groups is 1. The van der Waals surface area contributed by atoms with Gasteiger partial charge in [-0.2, -0.15) is 0 Å². The number of hydrogen-bond donors (Lipinski definition) is 0. The number of rotatable bonds is 2. The minimum absolute atomic E-state index is 0.185. The predicted octanol–water partition coefficient (Wildman–Crippen LogP) is 2.40. The number of halogens is 2. The van der Waals surface area contributed by atoms with Crippen LogP contribution in [-0.4, -0.2) is 62.3 Å². The summed E-state index contributed by atoms with van der Waals surface area (Å²) in [6.07, 6.45) is 5.92. The minimum Gasteiger partial charge on any atom is -0.340 e. The van der Waals surface area contributed by atoms with Gasteiger partial charge >= 0.3 is 0 Å². The molecule has 2 aliphatic rings. The summed E-state index contributed by atoms with van der Waals surface area (Å²) in [6.45, 7) is 5.31. The van der Waals surface area contributed by atoms with Gasteiger partial charge in [-0.05, 0) is 35.4 Å². The molecule has 0 spiro atoms. The quantitative estimate of drug-likeness (QED) is 0.647. The third kappa shape index (κ3) is 2.80. The van der Waals surface area contributed by atoms with Crippen LogP contribution in [0.15, 0.2) is 12.4 Å². The summed E-state index contributed by atoms with van der Waals surface area (Å²) in [6, 6.07) is 0.603. The van der Waals surface area contributed by atoms with Crippen LogP contribution in [0.2, 0.25) is 5.15 Å². The zero-order chi connectivity index (χ0) is 16.8. The van der Waals surface area contributed by atoms with Crippen molar-refractivity contribution in [2.75, 3.05) is 26.2 Å². The predicted molar refractivity (Wildman–Crippen MR) is 100 cm³/mol. The molecule has 8 heteroatoms. The van der Waals surface area contributed by atoms with Crippen LogP contribution < -0.4 is 0 Å². The zero-order valence-electron chi connectivity index (χ0n) is 13.5. The van der Waals surface area contributed by atoms with Crippen molar-refractivity contribution in [1.29, 1.82) is 0 Å². The number of nitrogens with zero attached hydrogens (tertiary/aromatic N) is 5. The molecular weight excluding hydrogens is 441 g/mol. The van der Waals surface area contributed by atoms with Gasteiger partial charge in [0.15, 0.2) is 5.15 Å². The van der Waals surface area contributed by atoms with E-state index in [0.29, 0.717) is 17.1 Å². The van der Waals surface area contributed by atoms with Gasteiger partial charge in [-0.1, -0.05) is 11.6 Å². The second-order valence-corrected chi connectivity index (χ2v) is 7.94. The molecule has 1 aliphatic heterocycles. The van der Waals surface area contributed by atoms with Gasteiger partial charge in [-0.3, -0.25) is 14.1 Å². The monoisotopic (exact) mass is 459 g/mol. The lowest BCUT2D eigenvalue weighted by atomic mass is 9.78. The van der Waals surface area contributed by atoms with Crippen molar-refractivity contribution < 1.29 is 4.79 Å². The molecule has 128 valence electrons. The zero-order valence-corrected chi connectivity index (χ0v) is 16.4. The summed E-state index contributed by atoms with van der Waals surface area (Å²) in [4.78, 5) is 24.8. The van der Waals surface area contributed by atoms with Gasteiger partial charge in [0, 0.05) is 57.5 Å². The Labute approximate surface area is 159 Å². The molecule has 1 aliphatic carbocycles. The first-order valence-electron chi connectivity index (χ1n) is 8.22. The van der Waals surface area contributed by atoms with E-state index < -0.39 is 0 Å². The average molecular weight is 460 g/mol. The molecule has 24 heavy (non-hydrogen) atoms. The summed E-state index contributed by atoms with van der Waals surface area (Å²) in [5, 5.41) is 0.511. The summed E-state index contributed by atoms with van der Waals surface area (Å²) in [5.74, 6) is 1.75. The number of fused-ring (bicyclic) bond motifs is 1. The Hall–Kier alpha value is -0.930. The van der Waals surface area contributed by atoms with Crippen molar-refractivity contribution in [2.24, 2.45) is 0 Å². The Morgan fingerprint density at radius 3 is 2.67 bits per heavy atom. The Balaban J connectivity index is 1.43. The molecular formula is C16H19ClIN5O. The van der Waals surface area contributed by atoms with Crippen molar-refractivity contribution in [3.8, 4) is 0 Å². The van der Waals surface area contributed by atoms with E-state index in [1.165, 1.54) is 0 Å². The highest BCUT2D eigenvalue weighted by molar-refractivity contribution is 14.1. The third-order valence-corrected chi connectivity index (χ3v) is 6.28. The standard InChI is InChI=1S/C16H19ClIN5O/c1-10(24)21-4-6-22(7-5-21)12-8-11(9-12)16-20-15(18)13-14(17)19-2-3-23(13)16/h2-3,11-12H,4-9H2,1H3/t11-,12+. The van der Waals surface area contributed by atoms with Crippen LogP contribution in [-0.2, 0) is 4.79 Å². The van der Waals surface area contributed by atoms with Crippen molar-refractivity contribution in [1.82, 2.24) is 24.2 Å². The number of imidazole rings is 1. The highest BCUT2D eigenvalue weighted by Gasteiger charge is 2.38. The maximum atomic E-state index is 11.4. The highest BCUT2D eigenvalue weighted by Crippen LogP contribution is 2.40. The largest absolute Gasteiger partial charge is 0.340 e. The topological polar surface area (TPSA) is 53.7 Å². The fourth-order valence-electron chi connectivity index (χ4n) is 3.77. The first-order valence-corrected chi connectivity index (χ1v) is 9.67. The Morgan fingerprint density at radius 2 is 2.00 bits per heavy atom. The molecule has 0 aromatic carbocycles. The first kappa shape index (κ1) is 16.5. The van der Waals surface area contributed by atoms with Crippen LogP contribution in [0.3, 0.4) is 0 Å². The molecule has 0 atom stereocenters. The maximum Gasteiger partial charge on any atom is 0.219 e. The van der Waals surface area contributed by atoms with Gasteiger partial charge in [0.05, 0.1) is 0 Å². The van der Waals surface area contributed by atoms with Gasteiger partial charge in [0.2, 0.25) is 5.91 Å². The minimum atomic E-state index is 0.185. The van der Waals surface area contributed by atoms with Gasteiger partial charge < -0.3 is 4.90 Å². The van der Waals surface area contributed by atoms with Crippen LogP contribution in [0.4, 0.5) is 0 Å². The molecule has 1 saturated carbocycles. The molecule has 0 unspecified atom stereocenters. The fourth-order valence-corrected chi connectivity index (χ4v) is 4.93. The van der Waals surface area contributed by atoms with Crippen molar-refractivity contribution >= 4 is 45.6 Å². The number of carbonyl (C=O) groups excluding carboxylic acids is 1. The fraction of sp³-hybridized carbons (Fsp3) is 0.562. The summed E-state index contributed by atoms with van der Waals surface area (Å²) < 4.78 is 3.00.